The highest BCUT2D eigenvalue weighted by atomic mass is 35.5. The number of imidazole rings is 1. The monoisotopic (exact) mass is 424 g/mol. The van der Waals surface area contributed by atoms with Gasteiger partial charge in [0, 0.05) is 23.2 Å². The quantitative estimate of drug-likeness (QED) is 0.672. The SMILES string of the molecule is CC1CCCCN1C(=O)Cn1c(CNC(=O)c2cccc(Cl)c2)nc2ccccc21. The van der Waals surface area contributed by atoms with Crippen molar-refractivity contribution >= 4 is 34.4 Å². The summed E-state index contributed by atoms with van der Waals surface area (Å²) in [5, 5.41) is 3.41. The highest BCUT2D eigenvalue weighted by Gasteiger charge is 2.24. The number of aromatic nitrogens is 2. The van der Waals surface area contributed by atoms with E-state index >= 15 is 0 Å². The number of fused-ring (bicyclic) bond motifs is 1. The molecule has 2 amide bonds. The molecule has 7 heteroatoms. The number of nitrogens with zero attached hydrogens (tertiary/aromatic N) is 3. The Bertz CT molecular complexity index is 1080. The Morgan fingerprint density at radius 3 is 2.80 bits per heavy atom. The van der Waals surface area contributed by atoms with Gasteiger partial charge in [-0.2, -0.15) is 0 Å². The third-order valence-electron chi connectivity index (χ3n) is 5.64. The summed E-state index contributed by atoms with van der Waals surface area (Å²) in [6.45, 7) is 3.35. The molecule has 4 rings (SSSR count). The number of likely N-dealkylation sites (tertiary alicyclic amines) is 1. The molecular formula is C23H25ClN4O2. The van der Waals surface area contributed by atoms with Gasteiger partial charge < -0.3 is 14.8 Å². The van der Waals surface area contributed by atoms with Crippen molar-refractivity contribution in [2.45, 2.75) is 45.3 Å². The lowest BCUT2D eigenvalue weighted by Gasteiger charge is -2.33. The molecule has 0 aliphatic carbocycles. The standard InChI is InChI=1S/C23H25ClN4O2/c1-16-7-4-5-12-27(16)22(29)15-28-20-11-3-2-10-19(20)26-21(28)14-25-23(30)17-8-6-9-18(24)13-17/h2-3,6,8-11,13,16H,4-5,7,12,14-15H2,1H3,(H,25,30). The molecule has 0 saturated carbocycles. The van der Waals surface area contributed by atoms with Crippen LogP contribution in [-0.2, 0) is 17.9 Å². The van der Waals surface area contributed by atoms with Crippen LogP contribution < -0.4 is 5.32 Å². The second-order valence-corrected chi connectivity index (χ2v) is 8.16. The van der Waals surface area contributed by atoms with E-state index in [0.29, 0.717) is 16.4 Å². The number of para-hydroxylation sites is 2. The average Bonchev–Trinajstić information content (AvgIpc) is 3.09. The minimum absolute atomic E-state index is 0.0905. The summed E-state index contributed by atoms with van der Waals surface area (Å²) in [6.07, 6.45) is 3.25. The van der Waals surface area contributed by atoms with Crippen LogP contribution >= 0.6 is 11.6 Å². The summed E-state index contributed by atoms with van der Waals surface area (Å²) in [6, 6.07) is 14.8. The van der Waals surface area contributed by atoms with E-state index in [1.54, 1.807) is 24.3 Å². The van der Waals surface area contributed by atoms with Crippen molar-refractivity contribution < 1.29 is 9.59 Å². The number of benzene rings is 2. The van der Waals surface area contributed by atoms with Crippen LogP contribution in [0.1, 0.15) is 42.4 Å². The number of amides is 2. The Morgan fingerprint density at radius 1 is 1.17 bits per heavy atom. The minimum Gasteiger partial charge on any atom is -0.345 e. The fraction of sp³-hybridized carbons (Fsp3) is 0.348. The number of rotatable bonds is 5. The summed E-state index contributed by atoms with van der Waals surface area (Å²) in [7, 11) is 0. The lowest BCUT2D eigenvalue weighted by Crippen LogP contribution is -2.43. The van der Waals surface area contributed by atoms with E-state index in [4.69, 9.17) is 11.6 Å². The Balaban J connectivity index is 1.55. The second-order valence-electron chi connectivity index (χ2n) is 7.73. The molecule has 2 aromatic carbocycles. The molecule has 1 atom stereocenters. The van der Waals surface area contributed by atoms with Crippen LogP contribution in [-0.4, -0.2) is 38.9 Å². The number of carbonyl (C=O) groups excluding carboxylic acids is 2. The minimum atomic E-state index is -0.230. The summed E-state index contributed by atoms with van der Waals surface area (Å²) < 4.78 is 1.91. The lowest BCUT2D eigenvalue weighted by atomic mass is 10.0. The van der Waals surface area contributed by atoms with Crippen LogP contribution in [0.4, 0.5) is 0 Å². The predicted octanol–water partition coefficient (Wildman–Crippen LogP) is 4.02. The highest BCUT2D eigenvalue weighted by Crippen LogP contribution is 2.20. The summed E-state index contributed by atoms with van der Waals surface area (Å²) in [4.78, 5) is 32.2. The number of hydrogen-bond acceptors (Lipinski definition) is 3. The van der Waals surface area contributed by atoms with E-state index in [-0.39, 0.29) is 30.9 Å². The van der Waals surface area contributed by atoms with Crippen LogP contribution in [0, 0.1) is 0 Å². The number of hydrogen-bond donors (Lipinski definition) is 1. The maximum absolute atomic E-state index is 13.0. The molecule has 6 nitrogen and oxygen atoms in total. The summed E-state index contributed by atoms with van der Waals surface area (Å²) in [5.41, 5.74) is 2.19. The maximum Gasteiger partial charge on any atom is 0.251 e. The topological polar surface area (TPSA) is 67.2 Å². The van der Waals surface area contributed by atoms with Crippen molar-refractivity contribution in [2.24, 2.45) is 0 Å². The zero-order valence-corrected chi connectivity index (χ0v) is 17.7. The fourth-order valence-electron chi connectivity index (χ4n) is 4.02. The van der Waals surface area contributed by atoms with Gasteiger partial charge in [0.1, 0.15) is 12.4 Å². The third-order valence-corrected chi connectivity index (χ3v) is 5.88. The van der Waals surface area contributed by atoms with Crippen molar-refractivity contribution in [1.29, 1.82) is 0 Å². The van der Waals surface area contributed by atoms with Crippen molar-refractivity contribution in [3.8, 4) is 0 Å². The van der Waals surface area contributed by atoms with E-state index in [0.717, 1.165) is 30.4 Å². The molecule has 1 unspecified atom stereocenters. The molecule has 3 aromatic rings. The average molecular weight is 425 g/mol. The fourth-order valence-corrected chi connectivity index (χ4v) is 4.21. The van der Waals surface area contributed by atoms with Gasteiger partial charge >= 0.3 is 0 Å². The van der Waals surface area contributed by atoms with Crippen LogP contribution in [0.2, 0.25) is 5.02 Å². The van der Waals surface area contributed by atoms with Crippen LogP contribution in [0.5, 0.6) is 0 Å². The van der Waals surface area contributed by atoms with E-state index < -0.39 is 0 Å². The van der Waals surface area contributed by atoms with Gasteiger partial charge in [0.25, 0.3) is 5.91 Å². The first-order valence-corrected chi connectivity index (χ1v) is 10.7. The summed E-state index contributed by atoms with van der Waals surface area (Å²) >= 11 is 5.99. The molecule has 1 aliphatic rings. The number of nitrogens with one attached hydrogen (secondary N) is 1. The Hall–Kier alpha value is -2.86. The van der Waals surface area contributed by atoms with Gasteiger partial charge in [0.05, 0.1) is 17.6 Å². The van der Waals surface area contributed by atoms with Crippen molar-refractivity contribution in [3.05, 3.63) is 64.9 Å². The first-order valence-electron chi connectivity index (χ1n) is 10.3. The largest absolute Gasteiger partial charge is 0.345 e. The van der Waals surface area contributed by atoms with Crippen LogP contribution in [0.25, 0.3) is 11.0 Å². The van der Waals surface area contributed by atoms with Crippen LogP contribution in [0.3, 0.4) is 0 Å². The maximum atomic E-state index is 13.0. The molecule has 1 aliphatic heterocycles. The summed E-state index contributed by atoms with van der Waals surface area (Å²) in [5.74, 6) is 0.518. The van der Waals surface area contributed by atoms with Gasteiger partial charge in [0.2, 0.25) is 5.91 Å². The molecule has 1 fully saturated rings. The number of carbonyl (C=O) groups is 2. The zero-order valence-electron chi connectivity index (χ0n) is 17.0. The third kappa shape index (κ3) is 4.33. The molecular weight excluding hydrogens is 400 g/mol. The van der Waals surface area contributed by atoms with Gasteiger partial charge in [-0.3, -0.25) is 9.59 Å². The van der Waals surface area contributed by atoms with E-state index in [9.17, 15) is 9.59 Å². The van der Waals surface area contributed by atoms with Gasteiger partial charge in [0.15, 0.2) is 0 Å². The number of halogens is 1. The normalized spacial score (nSPS) is 16.6. The first-order chi connectivity index (χ1) is 14.5. The molecule has 0 spiro atoms. The van der Waals surface area contributed by atoms with Gasteiger partial charge in [-0.25, -0.2) is 4.98 Å². The Morgan fingerprint density at radius 2 is 2.00 bits per heavy atom. The van der Waals surface area contributed by atoms with Crippen molar-refractivity contribution in [1.82, 2.24) is 19.8 Å². The van der Waals surface area contributed by atoms with Gasteiger partial charge in [-0.05, 0) is 56.5 Å². The Labute approximate surface area is 180 Å². The number of piperidine rings is 1. The van der Waals surface area contributed by atoms with Crippen LogP contribution in [0.15, 0.2) is 48.5 Å². The lowest BCUT2D eigenvalue weighted by molar-refractivity contribution is -0.135. The van der Waals surface area contributed by atoms with E-state index in [2.05, 4.69) is 17.2 Å². The van der Waals surface area contributed by atoms with E-state index in [1.165, 1.54) is 6.42 Å². The smallest absolute Gasteiger partial charge is 0.251 e. The molecule has 30 heavy (non-hydrogen) atoms. The molecule has 1 saturated heterocycles. The molecule has 2 heterocycles. The van der Waals surface area contributed by atoms with E-state index in [1.807, 2.05) is 33.7 Å². The molecule has 1 N–H and O–H groups in total. The first kappa shape index (κ1) is 20.4. The van der Waals surface area contributed by atoms with Gasteiger partial charge in [-0.15, -0.1) is 0 Å². The molecule has 1 aromatic heterocycles. The Kier molecular flexibility index (Phi) is 6.04. The molecule has 0 bridgehead atoms. The van der Waals surface area contributed by atoms with Crippen molar-refractivity contribution in [2.75, 3.05) is 6.54 Å². The predicted molar refractivity (Wildman–Crippen MR) is 117 cm³/mol. The zero-order chi connectivity index (χ0) is 21.1. The second kappa shape index (κ2) is 8.88. The van der Waals surface area contributed by atoms with Crippen molar-refractivity contribution in [3.63, 3.8) is 0 Å². The van der Waals surface area contributed by atoms with Gasteiger partial charge in [-0.1, -0.05) is 29.8 Å². The molecule has 156 valence electrons. The molecule has 0 radical (unpaired) electrons. The highest BCUT2D eigenvalue weighted by molar-refractivity contribution is 6.30.